The Labute approximate surface area is 166 Å². The lowest BCUT2D eigenvalue weighted by molar-refractivity contribution is 0.282. The molecule has 0 aliphatic heterocycles. The molecule has 2 aromatic heterocycles. The van der Waals surface area contributed by atoms with Crippen LogP contribution in [0, 0.1) is 0 Å². The van der Waals surface area contributed by atoms with E-state index < -0.39 is 0 Å². The van der Waals surface area contributed by atoms with Crippen LogP contribution in [0.3, 0.4) is 0 Å². The van der Waals surface area contributed by atoms with Gasteiger partial charge in [-0.25, -0.2) is 15.0 Å². The molecule has 0 aliphatic rings. The van der Waals surface area contributed by atoms with Crippen molar-refractivity contribution in [3.63, 3.8) is 0 Å². The van der Waals surface area contributed by atoms with Gasteiger partial charge in [0.05, 0.1) is 30.4 Å². The van der Waals surface area contributed by atoms with Crippen LogP contribution in [0.1, 0.15) is 5.56 Å². The molecule has 5 nitrogen and oxygen atoms in total. The van der Waals surface area contributed by atoms with Gasteiger partial charge in [0.1, 0.15) is 5.82 Å². The molecule has 0 bridgehead atoms. The van der Waals surface area contributed by atoms with Crippen molar-refractivity contribution in [3.05, 3.63) is 58.3 Å². The fourth-order valence-corrected chi connectivity index (χ4v) is 3.25. The standard InChI is InChI=1S/C18H16Cl2N4OS/c1-24(15-8-21-18(26-2)22-9-15)17-4-11(10-25)3-16(23-17)12-5-13(19)7-14(20)6-12/h3-9,25H,10H2,1-2H3. The summed E-state index contributed by atoms with van der Waals surface area (Å²) in [4.78, 5) is 15.1. The first-order valence-corrected chi connectivity index (χ1v) is 9.66. The van der Waals surface area contributed by atoms with Crippen LogP contribution in [0.15, 0.2) is 47.9 Å². The van der Waals surface area contributed by atoms with Crippen LogP contribution in [-0.4, -0.2) is 33.4 Å². The Bertz CT molecular complexity index is 901. The molecule has 0 spiro atoms. The van der Waals surface area contributed by atoms with Crippen molar-refractivity contribution in [3.8, 4) is 11.3 Å². The van der Waals surface area contributed by atoms with Crippen molar-refractivity contribution in [2.24, 2.45) is 0 Å². The molecule has 0 aliphatic carbocycles. The quantitative estimate of drug-likeness (QED) is 0.483. The molecule has 2 heterocycles. The first kappa shape index (κ1) is 18.9. The predicted octanol–water partition coefficient (Wildman–Crippen LogP) is 4.83. The van der Waals surface area contributed by atoms with E-state index in [1.165, 1.54) is 11.8 Å². The monoisotopic (exact) mass is 406 g/mol. The minimum Gasteiger partial charge on any atom is -0.392 e. The number of hydrogen-bond donors (Lipinski definition) is 1. The summed E-state index contributed by atoms with van der Waals surface area (Å²) in [5.41, 5.74) is 2.97. The highest BCUT2D eigenvalue weighted by Gasteiger charge is 2.12. The van der Waals surface area contributed by atoms with Crippen molar-refractivity contribution in [2.75, 3.05) is 18.2 Å². The van der Waals surface area contributed by atoms with E-state index >= 15 is 0 Å². The maximum absolute atomic E-state index is 9.64. The summed E-state index contributed by atoms with van der Waals surface area (Å²) in [6, 6.07) is 8.87. The van der Waals surface area contributed by atoms with E-state index in [1.54, 1.807) is 30.6 Å². The molecule has 0 radical (unpaired) electrons. The highest BCUT2D eigenvalue weighted by atomic mass is 35.5. The molecule has 8 heteroatoms. The van der Waals surface area contributed by atoms with Gasteiger partial charge in [-0.3, -0.25) is 0 Å². The van der Waals surface area contributed by atoms with E-state index in [0.29, 0.717) is 26.7 Å². The van der Waals surface area contributed by atoms with Gasteiger partial charge in [0, 0.05) is 22.7 Å². The van der Waals surface area contributed by atoms with Gasteiger partial charge < -0.3 is 10.0 Å². The summed E-state index contributed by atoms with van der Waals surface area (Å²) < 4.78 is 0. The van der Waals surface area contributed by atoms with Gasteiger partial charge in [-0.05, 0) is 42.2 Å². The lowest BCUT2D eigenvalue weighted by Crippen LogP contribution is -2.13. The van der Waals surface area contributed by atoms with Gasteiger partial charge in [-0.15, -0.1) is 0 Å². The smallest absolute Gasteiger partial charge is 0.187 e. The number of thioether (sulfide) groups is 1. The molecule has 1 aromatic carbocycles. The zero-order valence-corrected chi connectivity index (χ0v) is 16.5. The number of halogens is 2. The maximum Gasteiger partial charge on any atom is 0.187 e. The highest BCUT2D eigenvalue weighted by molar-refractivity contribution is 7.98. The average Bonchev–Trinajstić information content (AvgIpc) is 2.66. The van der Waals surface area contributed by atoms with Crippen molar-refractivity contribution < 1.29 is 5.11 Å². The molecule has 0 fully saturated rings. The Morgan fingerprint density at radius 2 is 1.69 bits per heavy atom. The number of aliphatic hydroxyl groups excluding tert-OH is 1. The highest BCUT2D eigenvalue weighted by Crippen LogP contribution is 2.30. The van der Waals surface area contributed by atoms with Crippen molar-refractivity contribution in [1.29, 1.82) is 0 Å². The molecule has 0 saturated heterocycles. The van der Waals surface area contributed by atoms with Crippen LogP contribution < -0.4 is 4.90 Å². The number of pyridine rings is 1. The van der Waals surface area contributed by atoms with Gasteiger partial charge in [-0.2, -0.15) is 0 Å². The third kappa shape index (κ3) is 4.27. The Kier molecular flexibility index (Phi) is 5.98. The lowest BCUT2D eigenvalue weighted by atomic mass is 10.1. The number of aliphatic hydroxyl groups is 1. The van der Waals surface area contributed by atoms with Crippen LogP contribution in [0.5, 0.6) is 0 Å². The molecule has 0 amide bonds. The van der Waals surface area contributed by atoms with Crippen molar-refractivity contribution in [2.45, 2.75) is 11.8 Å². The van der Waals surface area contributed by atoms with Crippen LogP contribution in [0.2, 0.25) is 10.0 Å². The van der Waals surface area contributed by atoms with Crippen LogP contribution >= 0.6 is 35.0 Å². The first-order chi connectivity index (χ1) is 12.5. The van der Waals surface area contributed by atoms with Crippen LogP contribution in [0.25, 0.3) is 11.3 Å². The molecule has 1 N–H and O–H groups in total. The van der Waals surface area contributed by atoms with Crippen molar-refractivity contribution >= 4 is 46.5 Å². The van der Waals surface area contributed by atoms with E-state index in [4.69, 9.17) is 23.2 Å². The zero-order valence-electron chi connectivity index (χ0n) is 14.1. The SMILES string of the molecule is CSc1ncc(N(C)c2cc(CO)cc(-c3cc(Cl)cc(Cl)c3)n2)cn1. The average molecular weight is 407 g/mol. The number of nitrogens with zero attached hydrogens (tertiary/aromatic N) is 4. The minimum atomic E-state index is -0.105. The van der Waals surface area contributed by atoms with Crippen LogP contribution in [-0.2, 0) is 6.61 Å². The Morgan fingerprint density at radius 3 is 2.27 bits per heavy atom. The third-order valence-corrected chi connectivity index (χ3v) is 4.75. The summed E-state index contributed by atoms with van der Waals surface area (Å²) in [6.07, 6.45) is 5.40. The second-order valence-corrected chi connectivity index (χ2v) is 7.17. The second kappa shape index (κ2) is 8.22. The van der Waals surface area contributed by atoms with Gasteiger partial charge in [0.25, 0.3) is 0 Å². The molecule has 0 saturated carbocycles. The Morgan fingerprint density at radius 1 is 1.04 bits per heavy atom. The second-order valence-electron chi connectivity index (χ2n) is 5.52. The number of aromatic nitrogens is 3. The van der Waals surface area contributed by atoms with E-state index in [9.17, 15) is 5.11 Å². The van der Waals surface area contributed by atoms with Gasteiger partial charge in [0.2, 0.25) is 0 Å². The zero-order chi connectivity index (χ0) is 18.7. The van der Waals surface area contributed by atoms with E-state index in [1.807, 2.05) is 30.3 Å². The number of rotatable bonds is 5. The summed E-state index contributed by atoms with van der Waals surface area (Å²) in [5.74, 6) is 0.656. The fraction of sp³-hybridized carbons (Fsp3) is 0.167. The van der Waals surface area contributed by atoms with E-state index in [2.05, 4.69) is 15.0 Å². The molecule has 0 atom stereocenters. The first-order valence-electron chi connectivity index (χ1n) is 7.68. The maximum atomic E-state index is 9.64. The third-order valence-electron chi connectivity index (χ3n) is 3.74. The van der Waals surface area contributed by atoms with E-state index in [-0.39, 0.29) is 6.61 Å². The Hall–Kier alpha value is -1.86. The molecule has 134 valence electrons. The topological polar surface area (TPSA) is 62.1 Å². The summed E-state index contributed by atoms with van der Waals surface area (Å²) in [7, 11) is 1.87. The van der Waals surface area contributed by atoms with Gasteiger partial charge in [0.15, 0.2) is 5.16 Å². The van der Waals surface area contributed by atoms with Gasteiger partial charge >= 0.3 is 0 Å². The minimum absolute atomic E-state index is 0.105. The molecular formula is C18H16Cl2N4OS. The molecule has 0 unspecified atom stereocenters. The fourth-order valence-electron chi connectivity index (χ4n) is 2.40. The normalized spacial score (nSPS) is 10.8. The number of hydrogen-bond acceptors (Lipinski definition) is 6. The van der Waals surface area contributed by atoms with Crippen molar-refractivity contribution in [1.82, 2.24) is 15.0 Å². The number of benzene rings is 1. The molecule has 3 rings (SSSR count). The molecule has 26 heavy (non-hydrogen) atoms. The summed E-state index contributed by atoms with van der Waals surface area (Å²) in [6.45, 7) is -0.105. The van der Waals surface area contributed by atoms with Gasteiger partial charge in [-0.1, -0.05) is 35.0 Å². The lowest BCUT2D eigenvalue weighted by Gasteiger charge is -2.19. The van der Waals surface area contributed by atoms with E-state index in [0.717, 1.165) is 16.8 Å². The predicted molar refractivity (Wildman–Crippen MR) is 107 cm³/mol. The molecular weight excluding hydrogens is 391 g/mol. The molecule has 3 aromatic rings. The number of anilines is 2. The Balaban J connectivity index is 2.03. The summed E-state index contributed by atoms with van der Waals surface area (Å²) >= 11 is 13.7. The largest absolute Gasteiger partial charge is 0.392 e. The summed E-state index contributed by atoms with van der Waals surface area (Å²) in [5, 5.41) is 11.4. The van der Waals surface area contributed by atoms with Crippen LogP contribution in [0.4, 0.5) is 11.5 Å².